The Morgan fingerprint density at radius 3 is 2.32 bits per heavy atom. The van der Waals surface area contributed by atoms with Crippen molar-refractivity contribution in [3.8, 4) is 34.2 Å². The van der Waals surface area contributed by atoms with Crippen molar-refractivity contribution < 1.29 is 4.42 Å². The number of hydrogen-bond acceptors (Lipinski definition) is 5. The maximum Gasteiger partial charge on any atom is 0.248 e. The number of hydrogen-bond donors (Lipinski definition) is 0. The predicted octanol–water partition coefficient (Wildman–Crippen LogP) is 5.67. The maximum atomic E-state index is 6.02. The first kappa shape index (κ1) is 16.6. The molecule has 5 nitrogen and oxygen atoms in total. The molecule has 2 aromatic carbocycles. The third-order valence-corrected chi connectivity index (χ3v) is 4.69. The second-order valence-corrected chi connectivity index (χ2v) is 6.66. The zero-order valence-corrected chi connectivity index (χ0v) is 15.3. The van der Waals surface area contributed by atoms with E-state index in [1.165, 1.54) is 0 Å². The summed E-state index contributed by atoms with van der Waals surface area (Å²) in [7, 11) is 0. The molecule has 5 aromatic rings. The Bertz CT molecular complexity index is 1270. The number of fused-ring (bicyclic) bond motifs is 1. The Kier molecular flexibility index (Phi) is 4.07. The summed E-state index contributed by atoms with van der Waals surface area (Å²) in [6, 6.07) is 21.1. The van der Waals surface area contributed by atoms with Crippen LogP contribution < -0.4 is 0 Å². The minimum absolute atomic E-state index is 0.445. The van der Waals surface area contributed by atoms with Crippen LogP contribution in [0.4, 0.5) is 0 Å². The van der Waals surface area contributed by atoms with E-state index in [9.17, 15) is 0 Å². The highest BCUT2D eigenvalue weighted by Gasteiger charge is 2.15. The average molecular weight is 385 g/mol. The van der Waals surface area contributed by atoms with Gasteiger partial charge in [0.2, 0.25) is 11.8 Å². The number of benzene rings is 2. The average Bonchev–Trinajstić information content (AvgIpc) is 3.24. The van der Waals surface area contributed by atoms with Crippen LogP contribution in [0.2, 0.25) is 5.02 Å². The third-order valence-electron chi connectivity index (χ3n) is 4.44. The van der Waals surface area contributed by atoms with Crippen LogP contribution >= 0.6 is 11.6 Å². The van der Waals surface area contributed by atoms with Crippen LogP contribution in [0, 0.1) is 0 Å². The fraction of sp³-hybridized carbons (Fsp3) is 0. The van der Waals surface area contributed by atoms with Crippen molar-refractivity contribution in [3.05, 3.63) is 84.1 Å². The number of para-hydroxylation sites is 1. The molecule has 0 aliphatic carbocycles. The van der Waals surface area contributed by atoms with Gasteiger partial charge < -0.3 is 4.42 Å². The van der Waals surface area contributed by atoms with Crippen LogP contribution in [0.15, 0.2) is 83.5 Å². The van der Waals surface area contributed by atoms with E-state index in [2.05, 4.69) is 15.2 Å². The Morgan fingerprint density at radius 2 is 1.50 bits per heavy atom. The second kappa shape index (κ2) is 6.87. The highest BCUT2D eigenvalue weighted by Crippen LogP contribution is 2.33. The molecule has 0 saturated heterocycles. The zero-order chi connectivity index (χ0) is 18.9. The zero-order valence-electron chi connectivity index (χ0n) is 14.6. The molecule has 0 unspecified atom stereocenters. The molecule has 3 heterocycles. The van der Waals surface area contributed by atoms with Crippen LogP contribution in [0.5, 0.6) is 0 Å². The van der Waals surface area contributed by atoms with E-state index in [1.54, 1.807) is 12.4 Å². The lowest BCUT2D eigenvalue weighted by atomic mass is 10.0. The molecule has 0 N–H and O–H groups in total. The normalized spacial score (nSPS) is 11.0. The lowest BCUT2D eigenvalue weighted by Gasteiger charge is -2.07. The fourth-order valence-corrected chi connectivity index (χ4v) is 3.19. The van der Waals surface area contributed by atoms with Gasteiger partial charge in [-0.2, -0.15) is 0 Å². The number of rotatable bonds is 3. The maximum absolute atomic E-state index is 6.02. The lowest BCUT2D eigenvalue weighted by Crippen LogP contribution is -1.90. The summed E-state index contributed by atoms with van der Waals surface area (Å²) in [4.78, 5) is 8.81. The van der Waals surface area contributed by atoms with E-state index in [0.717, 1.165) is 33.3 Å². The molecular formula is C22H13ClN4O. The molecule has 0 saturated carbocycles. The van der Waals surface area contributed by atoms with Crippen molar-refractivity contribution in [2.24, 2.45) is 0 Å². The number of nitrogens with zero attached hydrogens (tertiary/aromatic N) is 4. The smallest absolute Gasteiger partial charge is 0.248 e. The monoisotopic (exact) mass is 384 g/mol. The SMILES string of the molecule is Clc1ccc(-c2cc(-c3nnc(-c4ccncc4)o3)c3ccccc3n2)cc1. The molecule has 5 rings (SSSR count). The molecule has 0 amide bonds. The van der Waals surface area contributed by atoms with Gasteiger partial charge in [-0.15, -0.1) is 10.2 Å². The summed E-state index contributed by atoms with van der Waals surface area (Å²) < 4.78 is 5.97. The highest BCUT2D eigenvalue weighted by molar-refractivity contribution is 6.30. The van der Waals surface area contributed by atoms with E-state index in [4.69, 9.17) is 21.0 Å². The molecular weight excluding hydrogens is 372 g/mol. The van der Waals surface area contributed by atoms with Gasteiger partial charge in [0.25, 0.3) is 0 Å². The summed E-state index contributed by atoms with van der Waals surface area (Å²) in [6.07, 6.45) is 3.39. The van der Waals surface area contributed by atoms with Crippen molar-refractivity contribution >= 4 is 22.5 Å². The van der Waals surface area contributed by atoms with E-state index in [-0.39, 0.29) is 0 Å². The minimum Gasteiger partial charge on any atom is -0.416 e. The fourth-order valence-electron chi connectivity index (χ4n) is 3.06. The highest BCUT2D eigenvalue weighted by atomic mass is 35.5. The van der Waals surface area contributed by atoms with Gasteiger partial charge in [-0.05, 0) is 36.4 Å². The summed E-state index contributed by atoms with van der Waals surface area (Å²) in [5.74, 6) is 0.895. The van der Waals surface area contributed by atoms with Crippen LogP contribution in [0.25, 0.3) is 45.1 Å². The Hall–Kier alpha value is -3.57. The van der Waals surface area contributed by atoms with Gasteiger partial charge in [0, 0.05) is 33.9 Å². The quantitative estimate of drug-likeness (QED) is 0.401. The summed E-state index contributed by atoms with van der Waals surface area (Å²) >= 11 is 6.02. The van der Waals surface area contributed by atoms with Gasteiger partial charge >= 0.3 is 0 Å². The Morgan fingerprint density at radius 1 is 0.750 bits per heavy atom. The third kappa shape index (κ3) is 3.02. The number of pyridine rings is 2. The summed E-state index contributed by atoms with van der Waals surface area (Å²) in [5, 5.41) is 10.1. The first-order valence-corrected chi connectivity index (χ1v) is 9.06. The van der Waals surface area contributed by atoms with Crippen molar-refractivity contribution in [2.45, 2.75) is 0 Å². The topological polar surface area (TPSA) is 64.7 Å². The first-order chi connectivity index (χ1) is 13.8. The molecule has 0 aliphatic heterocycles. The predicted molar refractivity (Wildman–Crippen MR) is 109 cm³/mol. The lowest BCUT2D eigenvalue weighted by molar-refractivity contribution is 0.585. The summed E-state index contributed by atoms with van der Waals surface area (Å²) in [6.45, 7) is 0. The molecule has 0 spiro atoms. The first-order valence-electron chi connectivity index (χ1n) is 8.68. The van der Waals surface area contributed by atoms with Gasteiger partial charge in [-0.3, -0.25) is 4.98 Å². The second-order valence-electron chi connectivity index (χ2n) is 6.23. The van der Waals surface area contributed by atoms with Gasteiger partial charge in [0.1, 0.15) is 0 Å². The van der Waals surface area contributed by atoms with Crippen LogP contribution in [0.3, 0.4) is 0 Å². The largest absolute Gasteiger partial charge is 0.416 e. The van der Waals surface area contributed by atoms with Gasteiger partial charge in [-0.25, -0.2) is 4.98 Å². The van der Waals surface area contributed by atoms with E-state index in [1.807, 2.05) is 66.7 Å². The number of halogens is 1. The van der Waals surface area contributed by atoms with Crippen molar-refractivity contribution in [1.82, 2.24) is 20.2 Å². The van der Waals surface area contributed by atoms with Gasteiger partial charge in [0.15, 0.2) is 0 Å². The van der Waals surface area contributed by atoms with E-state index < -0.39 is 0 Å². The molecule has 0 fully saturated rings. The standard InChI is InChI=1S/C22H13ClN4O/c23-16-7-5-14(6-8-16)20-13-18(17-3-1-2-4-19(17)25-20)22-27-26-21(28-22)15-9-11-24-12-10-15/h1-13H. The number of aromatic nitrogens is 4. The minimum atomic E-state index is 0.445. The van der Waals surface area contributed by atoms with Crippen molar-refractivity contribution in [1.29, 1.82) is 0 Å². The van der Waals surface area contributed by atoms with Crippen molar-refractivity contribution in [3.63, 3.8) is 0 Å². The molecule has 28 heavy (non-hydrogen) atoms. The molecule has 0 atom stereocenters. The van der Waals surface area contributed by atoms with Crippen LogP contribution in [-0.4, -0.2) is 20.2 Å². The van der Waals surface area contributed by atoms with Gasteiger partial charge in [0.05, 0.1) is 16.8 Å². The molecule has 3 aromatic heterocycles. The molecule has 0 radical (unpaired) electrons. The van der Waals surface area contributed by atoms with Gasteiger partial charge in [-0.1, -0.05) is 41.9 Å². The van der Waals surface area contributed by atoms with Crippen molar-refractivity contribution in [2.75, 3.05) is 0 Å². The molecule has 134 valence electrons. The van der Waals surface area contributed by atoms with Crippen LogP contribution in [0.1, 0.15) is 0 Å². The Balaban J connectivity index is 1.68. The van der Waals surface area contributed by atoms with E-state index >= 15 is 0 Å². The van der Waals surface area contributed by atoms with E-state index in [0.29, 0.717) is 16.8 Å². The molecule has 0 aliphatic rings. The Labute approximate surface area is 165 Å². The molecule has 6 heteroatoms. The summed E-state index contributed by atoms with van der Waals surface area (Å²) in [5.41, 5.74) is 4.29. The van der Waals surface area contributed by atoms with Crippen LogP contribution in [-0.2, 0) is 0 Å². The molecule has 0 bridgehead atoms.